The molecule has 0 bridgehead atoms. The molecule has 7 heteroatoms. The lowest BCUT2D eigenvalue weighted by atomic mass is 10.0. The van der Waals surface area contributed by atoms with Crippen LogP contribution in [0.1, 0.15) is 12.5 Å². The number of benzene rings is 1. The van der Waals surface area contributed by atoms with Crippen LogP contribution in [0.15, 0.2) is 28.7 Å². The van der Waals surface area contributed by atoms with E-state index in [1.165, 1.54) is 0 Å². The van der Waals surface area contributed by atoms with E-state index in [9.17, 15) is 18.0 Å². The van der Waals surface area contributed by atoms with Crippen molar-refractivity contribution in [3.8, 4) is 0 Å². The maximum atomic E-state index is 12.5. The molecular weight excluding hydrogens is 313 g/mol. The molecular formula is C11H12BrF3N2O. The predicted octanol–water partition coefficient (Wildman–Crippen LogP) is 2.34. The average molecular weight is 325 g/mol. The first-order valence-electron chi connectivity index (χ1n) is 5.03. The molecule has 0 aliphatic carbocycles. The molecule has 0 spiro atoms. The molecule has 1 rings (SSSR count). The largest absolute Gasteiger partial charge is 0.415 e. The van der Waals surface area contributed by atoms with Crippen LogP contribution in [0.25, 0.3) is 0 Å². The SMILES string of the molecule is CC(N)(C(=O)NCc1ccccc1Br)C(F)(F)F. The van der Waals surface area contributed by atoms with Crippen molar-refractivity contribution in [2.75, 3.05) is 0 Å². The molecule has 3 N–H and O–H groups in total. The molecule has 1 atom stereocenters. The average Bonchev–Trinajstić information content (AvgIpc) is 2.26. The molecule has 0 fully saturated rings. The van der Waals surface area contributed by atoms with Gasteiger partial charge in [0.05, 0.1) is 0 Å². The van der Waals surface area contributed by atoms with Gasteiger partial charge in [0.15, 0.2) is 5.54 Å². The molecule has 3 nitrogen and oxygen atoms in total. The van der Waals surface area contributed by atoms with E-state index in [0.717, 1.165) is 0 Å². The van der Waals surface area contributed by atoms with Crippen molar-refractivity contribution in [2.45, 2.75) is 25.2 Å². The first-order valence-corrected chi connectivity index (χ1v) is 5.83. The van der Waals surface area contributed by atoms with Gasteiger partial charge in [-0.25, -0.2) is 0 Å². The van der Waals surface area contributed by atoms with Gasteiger partial charge in [-0.05, 0) is 18.6 Å². The summed E-state index contributed by atoms with van der Waals surface area (Å²) in [4.78, 5) is 11.4. The topological polar surface area (TPSA) is 55.1 Å². The van der Waals surface area contributed by atoms with E-state index in [1.54, 1.807) is 24.3 Å². The minimum Gasteiger partial charge on any atom is -0.350 e. The minimum atomic E-state index is -4.79. The van der Waals surface area contributed by atoms with Gasteiger partial charge in [-0.15, -0.1) is 0 Å². The van der Waals surface area contributed by atoms with Gasteiger partial charge < -0.3 is 11.1 Å². The minimum absolute atomic E-state index is 0.0247. The highest BCUT2D eigenvalue weighted by Crippen LogP contribution is 2.28. The van der Waals surface area contributed by atoms with Gasteiger partial charge in [0, 0.05) is 11.0 Å². The van der Waals surface area contributed by atoms with E-state index in [4.69, 9.17) is 5.73 Å². The molecule has 100 valence electrons. The van der Waals surface area contributed by atoms with E-state index >= 15 is 0 Å². The maximum Gasteiger partial charge on any atom is 0.415 e. The zero-order chi connectivity index (χ0) is 14.0. The first kappa shape index (κ1) is 15.0. The highest BCUT2D eigenvalue weighted by Gasteiger charge is 2.53. The highest BCUT2D eigenvalue weighted by atomic mass is 79.9. The Labute approximate surface area is 111 Å². The Morgan fingerprint density at radius 2 is 1.94 bits per heavy atom. The third-order valence-corrected chi connectivity index (χ3v) is 3.23. The Morgan fingerprint density at radius 3 is 2.44 bits per heavy atom. The number of amides is 1. The summed E-state index contributed by atoms with van der Waals surface area (Å²) in [6, 6.07) is 6.90. The van der Waals surface area contributed by atoms with Crippen LogP contribution in [-0.2, 0) is 11.3 Å². The third-order valence-electron chi connectivity index (χ3n) is 2.46. The van der Waals surface area contributed by atoms with Gasteiger partial charge in [0.1, 0.15) is 0 Å². The zero-order valence-corrected chi connectivity index (χ0v) is 11.1. The second-order valence-corrected chi connectivity index (χ2v) is 4.83. The maximum absolute atomic E-state index is 12.5. The quantitative estimate of drug-likeness (QED) is 0.896. The standard InChI is InChI=1S/C11H12BrF3N2O/c1-10(16,11(13,14)15)9(18)17-6-7-4-2-3-5-8(7)12/h2-5H,6,16H2,1H3,(H,17,18). The second-order valence-electron chi connectivity index (χ2n) is 3.97. The highest BCUT2D eigenvalue weighted by molar-refractivity contribution is 9.10. The van der Waals surface area contributed by atoms with Crippen LogP contribution in [0.4, 0.5) is 13.2 Å². The lowest BCUT2D eigenvalue weighted by Gasteiger charge is -2.26. The van der Waals surface area contributed by atoms with E-state index in [1.807, 2.05) is 0 Å². The van der Waals surface area contributed by atoms with Crippen molar-refractivity contribution in [1.29, 1.82) is 0 Å². The van der Waals surface area contributed by atoms with Crippen LogP contribution in [0.5, 0.6) is 0 Å². The molecule has 18 heavy (non-hydrogen) atoms. The van der Waals surface area contributed by atoms with Crippen LogP contribution in [0, 0.1) is 0 Å². The predicted molar refractivity (Wildman–Crippen MR) is 64.6 cm³/mol. The molecule has 0 heterocycles. The van der Waals surface area contributed by atoms with Crippen molar-refractivity contribution in [3.63, 3.8) is 0 Å². The van der Waals surface area contributed by atoms with Crippen LogP contribution in [-0.4, -0.2) is 17.6 Å². The van der Waals surface area contributed by atoms with Gasteiger partial charge in [-0.1, -0.05) is 34.1 Å². The molecule has 1 aromatic rings. The summed E-state index contributed by atoms with van der Waals surface area (Å²) in [6.45, 7) is 0.617. The summed E-state index contributed by atoms with van der Waals surface area (Å²) in [5, 5.41) is 2.17. The normalized spacial score (nSPS) is 15.0. The molecule has 1 amide bonds. The van der Waals surface area contributed by atoms with Gasteiger partial charge in [-0.2, -0.15) is 13.2 Å². The van der Waals surface area contributed by atoms with Crippen molar-refractivity contribution >= 4 is 21.8 Å². The van der Waals surface area contributed by atoms with Crippen molar-refractivity contribution in [3.05, 3.63) is 34.3 Å². The van der Waals surface area contributed by atoms with E-state index in [0.29, 0.717) is 17.0 Å². The fourth-order valence-electron chi connectivity index (χ4n) is 1.13. The Hall–Kier alpha value is -1.08. The van der Waals surface area contributed by atoms with Crippen LogP contribution < -0.4 is 11.1 Å². The van der Waals surface area contributed by atoms with Gasteiger partial charge in [0.25, 0.3) is 0 Å². The van der Waals surface area contributed by atoms with Gasteiger partial charge in [0.2, 0.25) is 5.91 Å². The summed E-state index contributed by atoms with van der Waals surface area (Å²) in [6.07, 6.45) is -4.79. The van der Waals surface area contributed by atoms with E-state index < -0.39 is 17.6 Å². The van der Waals surface area contributed by atoms with E-state index in [-0.39, 0.29) is 6.54 Å². The summed E-state index contributed by atoms with van der Waals surface area (Å²) in [5.74, 6) is -1.26. The number of nitrogens with one attached hydrogen (secondary N) is 1. The van der Waals surface area contributed by atoms with Crippen molar-refractivity contribution in [1.82, 2.24) is 5.32 Å². The molecule has 0 aromatic heterocycles. The number of carbonyl (C=O) groups excluding carboxylic acids is 1. The lowest BCUT2D eigenvalue weighted by molar-refractivity contribution is -0.187. The monoisotopic (exact) mass is 324 g/mol. The van der Waals surface area contributed by atoms with Crippen molar-refractivity contribution < 1.29 is 18.0 Å². The number of hydrogen-bond donors (Lipinski definition) is 2. The summed E-state index contributed by atoms with van der Waals surface area (Å²) < 4.78 is 38.2. The van der Waals surface area contributed by atoms with Crippen LogP contribution in [0.2, 0.25) is 0 Å². The second kappa shape index (κ2) is 5.27. The molecule has 0 aliphatic rings. The first-order chi connectivity index (χ1) is 8.16. The number of hydrogen-bond acceptors (Lipinski definition) is 2. The Balaban J connectivity index is 2.71. The van der Waals surface area contributed by atoms with Crippen molar-refractivity contribution in [2.24, 2.45) is 5.73 Å². The molecule has 1 aromatic carbocycles. The Kier molecular flexibility index (Phi) is 4.39. The number of alkyl halides is 3. The molecule has 0 saturated carbocycles. The van der Waals surface area contributed by atoms with E-state index in [2.05, 4.69) is 21.2 Å². The number of nitrogens with two attached hydrogens (primary N) is 1. The summed E-state index contributed by atoms with van der Waals surface area (Å²) >= 11 is 3.23. The van der Waals surface area contributed by atoms with Gasteiger partial charge >= 0.3 is 6.18 Å². The fraction of sp³-hybridized carbons (Fsp3) is 0.364. The number of carbonyl (C=O) groups is 1. The smallest absolute Gasteiger partial charge is 0.350 e. The summed E-state index contributed by atoms with van der Waals surface area (Å²) in [5.41, 5.74) is 2.77. The van der Waals surface area contributed by atoms with Crippen LogP contribution in [0.3, 0.4) is 0 Å². The third kappa shape index (κ3) is 3.23. The lowest BCUT2D eigenvalue weighted by Crippen LogP contribution is -2.61. The summed E-state index contributed by atoms with van der Waals surface area (Å²) in [7, 11) is 0. The molecule has 1 unspecified atom stereocenters. The Bertz CT molecular complexity index is 446. The molecule has 0 saturated heterocycles. The molecule has 0 aliphatic heterocycles. The zero-order valence-electron chi connectivity index (χ0n) is 9.51. The van der Waals surface area contributed by atoms with Crippen LogP contribution >= 0.6 is 15.9 Å². The molecule has 0 radical (unpaired) electrons. The Morgan fingerprint density at radius 1 is 1.39 bits per heavy atom. The number of rotatable bonds is 3. The fourth-order valence-corrected chi connectivity index (χ4v) is 1.55. The van der Waals surface area contributed by atoms with Gasteiger partial charge in [-0.3, -0.25) is 4.79 Å². The number of halogens is 4.